The summed E-state index contributed by atoms with van der Waals surface area (Å²) in [6.07, 6.45) is 11.8. The predicted octanol–water partition coefficient (Wildman–Crippen LogP) is 4.97. The van der Waals surface area contributed by atoms with Crippen molar-refractivity contribution >= 4 is 0 Å². The van der Waals surface area contributed by atoms with Gasteiger partial charge in [-0.1, -0.05) is 67.7 Å². The largest absolute Gasteiger partial charge is 0.385 e. The first-order valence-corrected chi connectivity index (χ1v) is 19.2. The van der Waals surface area contributed by atoms with Crippen LogP contribution < -0.4 is 16.0 Å². The Labute approximate surface area is 283 Å². The molecule has 3 rings (SSSR count). The molecule has 0 radical (unpaired) electrons. The Morgan fingerprint density at radius 1 is 1.00 bits per heavy atom. The van der Waals surface area contributed by atoms with Crippen LogP contribution in [0.15, 0.2) is 0 Å². The van der Waals surface area contributed by atoms with Gasteiger partial charge in [-0.2, -0.15) is 0 Å². The molecule has 5 unspecified atom stereocenters. The summed E-state index contributed by atoms with van der Waals surface area (Å²) in [7, 11) is 1.75. The van der Waals surface area contributed by atoms with Crippen LogP contribution in [0.2, 0.25) is 0 Å². The molecule has 3 fully saturated rings. The summed E-state index contributed by atoms with van der Waals surface area (Å²) < 4.78 is 11.7. The number of ether oxygens (including phenoxy) is 2. The first-order chi connectivity index (χ1) is 22.0. The van der Waals surface area contributed by atoms with Crippen LogP contribution in [0.25, 0.3) is 0 Å². The fraction of sp³-hybridized carbons (Fsp3) is 1.00. The molecule has 9 nitrogen and oxygen atoms in total. The van der Waals surface area contributed by atoms with E-state index in [1.165, 1.54) is 32.1 Å². The number of aliphatic hydroxyl groups excluding tert-OH is 2. The van der Waals surface area contributed by atoms with Gasteiger partial charge in [0.25, 0.3) is 0 Å². The van der Waals surface area contributed by atoms with Crippen molar-refractivity contribution in [3.63, 3.8) is 0 Å². The lowest BCUT2D eigenvalue weighted by atomic mass is 9.87. The highest BCUT2D eigenvalue weighted by Crippen LogP contribution is 2.31. The molecular weight excluding hydrogens is 578 g/mol. The van der Waals surface area contributed by atoms with Gasteiger partial charge in [-0.15, -0.1) is 0 Å². The monoisotopic (exact) mass is 654 g/mol. The molecule has 272 valence electrons. The lowest BCUT2D eigenvalue weighted by Gasteiger charge is -2.49. The maximum atomic E-state index is 12.2. The molecule has 0 aromatic carbocycles. The first kappa shape index (κ1) is 40.1. The highest BCUT2D eigenvalue weighted by Gasteiger charge is 2.42. The molecule has 0 spiro atoms. The van der Waals surface area contributed by atoms with E-state index in [-0.39, 0.29) is 35.6 Å². The van der Waals surface area contributed by atoms with Gasteiger partial charge in [-0.3, -0.25) is 15.1 Å². The van der Waals surface area contributed by atoms with Crippen molar-refractivity contribution in [1.29, 1.82) is 0 Å². The van der Waals surface area contributed by atoms with Crippen molar-refractivity contribution in [3.05, 3.63) is 0 Å². The summed E-state index contributed by atoms with van der Waals surface area (Å²) in [5.41, 5.74) is 0.0480. The van der Waals surface area contributed by atoms with Gasteiger partial charge in [-0.25, -0.2) is 0 Å². The number of nitrogens with zero attached hydrogens (tertiary/aromatic N) is 2. The summed E-state index contributed by atoms with van der Waals surface area (Å²) in [5.74, 6) is 1.30. The van der Waals surface area contributed by atoms with Crippen LogP contribution in [0, 0.1) is 29.1 Å². The van der Waals surface area contributed by atoms with Gasteiger partial charge >= 0.3 is 0 Å². The third-order valence-electron chi connectivity index (χ3n) is 11.0. The van der Waals surface area contributed by atoms with E-state index in [4.69, 9.17) is 9.47 Å². The van der Waals surface area contributed by atoms with E-state index >= 15 is 0 Å². The van der Waals surface area contributed by atoms with E-state index in [2.05, 4.69) is 74.2 Å². The Balaban J connectivity index is 1.63. The number of aliphatic hydroxyl groups is 2. The van der Waals surface area contributed by atoms with Crippen molar-refractivity contribution in [3.8, 4) is 0 Å². The second kappa shape index (κ2) is 20.3. The summed E-state index contributed by atoms with van der Waals surface area (Å²) in [5, 5.41) is 35.1. The number of rotatable bonds is 19. The van der Waals surface area contributed by atoms with Crippen molar-refractivity contribution in [2.45, 2.75) is 156 Å². The molecule has 5 N–H and O–H groups in total. The Morgan fingerprint density at radius 3 is 2.28 bits per heavy atom. The SMILES string of the molecule is CC[C@@H](C[C@@H](CC)N(CC(C)C)C(O)C1CNC(C(C)(C)C)NC1NCCCOC)C(O)N1CCC(OCC2CCCCC2)CC1. The Bertz CT molecular complexity index is 799. The zero-order valence-electron chi connectivity index (χ0n) is 31.1. The average Bonchev–Trinajstić information content (AvgIpc) is 3.05. The number of nitrogens with one attached hydrogen (secondary N) is 3. The Hall–Kier alpha value is -0.360. The lowest BCUT2D eigenvalue weighted by molar-refractivity contribution is -0.113. The van der Waals surface area contributed by atoms with Gasteiger partial charge in [0.05, 0.1) is 18.4 Å². The summed E-state index contributed by atoms with van der Waals surface area (Å²) in [6, 6.07) is 0.183. The molecule has 1 saturated carbocycles. The highest BCUT2D eigenvalue weighted by molar-refractivity contribution is 4.94. The fourth-order valence-electron chi connectivity index (χ4n) is 8.01. The molecule has 46 heavy (non-hydrogen) atoms. The minimum atomic E-state index is -0.611. The highest BCUT2D eigenvalue weighted by atomic mass is 16.5. The molecule has 0 bridgehead atoms. The number of hydrogen-bond donors (Lipinski definition) is 5. The topological polar surface area (TPSA) is 101 Å². The summed E-state index contributed by atoms with van der Waals surface area (Å²) in [4.78, 5) is 4.66. The zero-order valence-corrected chi connectivity index (χ0v) is 31.1. The summed E-state index contributed by atoms with van der Waals surface area (Å²) >= 11 is 0. The number of likely N-dealkylation sites (tertiary alicyclic amines) is 1. The van der Waals surface area contributed by atoms with Crippen LogP contribution in [0.4, 0.5) is 0 Å². The first-order valence-electron chi connectivity index (χ1n) is 19.2. The molecule has 9 heteroatoms. The number of piperidine rings is 1. The van der Waals surface area contributed by atoms with Gasteiger partial charge in [-0.05, 0) is 81.1 Å². The maximum Gasteiger partial charge on any atom is 0.114 e. The van der Waals surface area contributed by atoms with Crippen molar-refractivity contribution < 1.29 is 19.7 Å². The van der Waals surface area contributed by atoms with E-state index in [1.807, 2.05) is 0 Å². The van der Waals surface area contributed by atoms with Gasteiger partial charge in [0.15, 0.2) is 0 Å². The van der Waals surface area contributed by atoms with Gasteiger partial charge < -0.3 is 30.3 Å². The van der Waals surface area contributed by atoms with E-state index in [1.54, 1.807) is 7.11 Å². The van der Waals surface area contributed by atoms with Crippen LogP contribution in [-0.4, -0.2) is 110 Å². The minimum absolute atomic E-state index is 0.0151. The minimum Gasteiger partial charge on any atom is -0.385 e. The summed E-state index contributed by atoms with van der Waals surface area (Å²) in [6.45, 7) is 21.5. The van der Waals surface area contributed by atoms with Crippen LogP contribution >= 0.6 is 0 Å². The van der Waals surface area contributed by atoms with Crippen LogP contribution in [-0.2, 0) is 9.47 Å². The van der Waals surface area contributed by atoms with Crippen molar-refractivity contribution in [1.82, 2.24) is 25.8 Å². The van der Waals surface area contributed by atoms with Crippen LogP contribution in [0.5, 0.6) is 0 Å². The lowest BCUT2D eigenvalue weighted by Crippen LogP contribution is -2.70. The van der Waals surface area contributed by atoms with E-state index in [9.17, 15) is 10.2 Å². The average molecular weight is 654 g/mol. The van der Waals surface area contributed by atoms with Gasteiger partial charge in [0, 0.05) is 58.5 Å². The second-order valence-electron chi connectivity index (χ2n) is 16.3. The molecule has 2 aliphatic heterocycles. The van der Waals surface area contributed by atoms with Gasteiger partial charge in [0.2, 0.25) is 0 Å². The van der Waals surface area contributed by atoms with E-state index in [0.717, 1.165) is 90.4 Å². The molecule has 2 heterocycles. The van der Waals surface area contributed by atoms with Crippen LogP contribution in [0.3, 0.4) is 0 Å². The molecule has 2 saturated heterocycles. The second-order valence-corrected chi connectivity index (χ2v) is 16.3. The molecular formula is C37H75N5O4. The molecule has 3 aliphatic rings. The Morgan fingerprint density at radius 2 is 1.70 bits per heavy atom. The normalized spacial score (nSPS) is 27.3. The Kier molecular flexibility index (Phi) is 17.7. The van der Waals surface area contributed by atoms with Gasteiger partial charge in [0.1, 0.15) is 12.5 Å². The number of hydrogen-bond acceptors (Lipinski definition) is 9. The quantitative estimate of drug-likeness (QED) is 0.0978. The molecule has 0 amide bonds. The molecule has 7 atom stereocenters. The third-order valence-corrected chi connectivity index (χ3v) is 11.0. The van der Waals surface area contributed by atoms with E-state index in [0.29, 0.717) is 12.0 Å². The predicted molar refractivity (Wildman–Crippen MR) is 189 cm³/mol. The number of methoxy groups -OCH3 is 1. The van der Waals surface area contributed by atoms with Crippen molar-refractivity contribution in [2.24, 2.45) is 29.1 Å². The molecule has 1 aliphatic carbocycles. The van der Waals surface area contributed by atoms with Crippen molar-refractivity contribution in [2.75, 3.05) is 53.0 Å². The standard InChI is InChI=1S/C37H75N5O4/c1-9-29(34(43)41-20-17-31(18-21-41)46-26-28-15-12-11-13-16-28)23-30(10-2)42(25-27(3)4)35(44)32-24-39-36(37(5,6)7)40-33(32)38-19-14-22-45-8/h27-36,38-40,43-44H,9-26H2,1-8H3/t29-,30+,32?,33?,34?,35?,36?/m0/s1. The maximum absolute atomic E-state index is 12.2. The molecule has 0 aromatic rings. The van der Waals surface area contributed by atoms with E-state index < -0.39 is 12.5 Å². The smallest absolute Gasteiger partial charge is 0.114 e. The third kappa shape index (κ3) is 12.5. The van der Waals surface area contributed by atoms with Crippen LogP contribution in [0.1, 0.15) is 119 Å². The fourth-order valence-corrected chi connectivity index (χ4v) is 8.01. The molecule has 0 aromatic heterocycles. The zero-order chi connectivity index (χ0) is 33.7.